The SMILES string of the molecule is CC1(C)[C@H]2CC[C@](C)(C2)[C@H]1OC[C@H](O)CN1CCc2ccccc2C1. The maximum Gasteiger partial charge on any atom is 0.0900 e. The van der Waals surface area contributed by atoms with Crippen molar-refractivity contribution in [2.24, 2.45) is 16.7 Å². The van der Waals surface area contributed by atoms with E-state index in [-0.39, 0.29) is 11.5 Å². The summed E-state index contributed by atoms with van der Waals surface area (Å²) in [4.78, 5) is 2.37. The van der Waals surface area contributed by atoms with E-state index < -0.39 is 6.10 Å². The molecule has 2 aliphatic carbocycles. The van der Waals surface area contributed by atoms with Crippen LogP contribution in [0.3, 0.4) is 0 Å². The minimum Gasteiger partial charge on any atom is -0.389 e. The minimum absolute atomic E-state index is 0.247. The van der Waals surface area contributed by atoms with E-state index in [2.05, 4.69) is 49.9 Å². The number of nitrogens with zero attached hydrogens (tertiary/aromatic N) is 1. The molecule has 0 saturated heterocycles. The standard InChI is InChI=1S/C22H33NO2/c1-21(2)18-8-10-22(3,12-18)20(21)25-15-19(24)14-23-11-9-16-6-4-5-7-17(16)13-23/h4-7,18-20,24H,8-15H2,1-3H3/t18-,19+,20-,22+/m0/s1. The fourth-order valence-electron chi connectivity index (χ4n) is 5.94. The van der Waals surface area contributed by atoms with Gasteiger partial charge in [0.15, 0.2) is 0 Å². The van der Waals surface area contributed by atoms with Gasteiger partial charge in [-0.05, 0) is 53.6 Å². The normalized spacial score (nSPS) is 34.9. The average molecular weight is 344 g/mol. The van der Waals surface area contributed by atoms with E-state index in [0.717, 1.165) is 25.4 Å². The Balaban J connectivity index is 1.31. The number of benzene rings is 1. The number of fused-ring (bicyclic) bond motifs is 3. The van der Waals surface area contributed by atoms with Crippen LogP contribution in [0.25, 0.3) is 0 Å². The summed E-state index contributed by atoms with van der Waals surface area (Å²) >= 11 is 0. The van der Waals surface area contributed by atoms with Gasteiger partial charge in [-0.3, -0.25) is 4.90 Å². The van der Waals surface area contributed by atoms with Crippen LogP contribution in [0.15, 0.2) is 24.3 Å². The van der Waals surface area contributed by atoms with Crippen molar-refractivity contribution in [2.45, 2.75) is 65.2 Å². The van der Waals surface area contributed by atoms with Crippen LogP contribution in [0, 0.1) is 16.7 Å². The Morgan fingerprint density at radius 2 is 2.00 bits per heavy atom. The molecule has 0 radical (unpaired) electrons. The van der Waals surface area contributed by atoms with E-state index >= 15 is 0 Å². The fraction of sp³-hybridized carbons (Fsp3) is 0.727. The largest absolute Gasteiger partial charge is 0.389 e. The molecule has 1 aliphatic heterocycles. The predicted molar refractivity (Wildman–Crippen MR) is 100 cm³/mol. The fourth-order valence-corrected chi connectivity index (χ4v) is 5.94. The highest BCUT2D eigenvalue weighted by molar-refractivity contribution is 5.29. The van der Waals surface area contributed by atoms with Crippen molar-refractivity contribution in [1.82, 2.24) is 4.90 Å². The average Bonchev–Trinajstić information content (AvgIpc) is 3.05. The highest BCUT2D eigenvalue weighted by atomic mass is 16.5. The molecule has 25 heavy (non-hydrogen) atoms. The van der Waals surface area contributed by atoms with E-state index in [4.69, 9.17) is 4.74 Å². The lowest BCUT2D eigenvalue weighted by atomic mass is 9.70. The monoisotopic (exact) mass is 343 g/mol. The van der Waals surface area contributed by atoms with E-state index in [9.17, 15) is 5.11 Å². The summed E-state index contributed by atoms with van der Waals surface area (Å²) in [6.45, 7) is 10.3. The van der Waals surface area contributed by atoms with Gasteiger partial charge in [-0.15, -0.1) is 0 Å². The highest BCUT2D eigenvalue weighted by Gasteiger charge is 2.60. The molecule has 2 fully saturated rings. The molecule has 4 atom stereocenters. The van der Waals surface area contributed by atoms with Gasteiger partial charge in [-0.2, -0.15) is 0 Å². The van der Waals surface area contributed by atoms with E-state index in [1.54, 1.807) is 0 Å². The summed E-state index contributed by atoms with van der Waals surface area (Å²) in [5.74, 6) is 0.790. The highest BCUT2D eigenvalue weighted by Crippen LogP contribution is 2.63. The van der Waals surface area contributed by atoms with Crippen LogP contribution in [0.2, 0.25) is 0 Å². The van der Waals surface area contributed by atoms with Crippen molar-refractivity contribution in [3.05, 3.63) is 35.4 Å². The van der Waals surface area contributed by atoms with Gasteiger partial charge in [0.2, 0.25) is 0 Å². The van der Waals surface area contributed by atoms with Crippen LogP contribution in [-0.2, 0) is 17.7 Å². The molecule has 4 rings (SSSR count). The maximum atomic E-state index is 10.6. The Bertz CT molecular complexity index is 623. The van der Waals surface area contributed by atoms with Crippen LogP contribution >= 0.6 is 0 Å². The van der Waals surface area contributed by atoms with Gasteiger partial charge < -0.3 is 9.84 Å². The van der Waals surface area contributed by atoms with Gasteiger partial charge in [-0.1, -0.05) is 45.0 Å². The lowest BCUT2D eigenvalue weighted by Gasteiger charge is -2.42. The lowest BCUT2D eigenvalue weighted by Crippen LogP contribution is -2.45. The molecule has 0 aromatic heterocycles. The maximum absolute atomic E-state index is 10.6. The minimum atomic E-state index is -0.399. The number of β-amino-alcohol motifs (C(OH)–C–C–N with tert-alkyl or cyclic N) is 1. The van der Waals surface area contributed by atoms with Crippen molar-refractivity contribution < 1.29 is 9.84 Å². The second-order valence-corrected chi connectivity index (χ2v) is 9.54. The molecule has 3 nitrogen and oxygen atoms in total. The zero-order valence-corrected chi connectivity index (χ0v) is 16.0. The second kappa shape index (κ2) is 6.37. The van der Waals surface area contributed by atoms with E-state index in [1.807, 2.05) is 0 Å². The molecule has 0 spiro atoms. The molecular formula is C22H33NO2. The molecule has 1 aromatic carbocycles. The Labute approximate surface area is 152 Å². The zero-order chi connectivity index (χ0) is 17.7. The topological polar surface area (TPSA) is 32.7 Å². The van der Waals surface area contributed by atoms with Gasteiger partial charge in [0.25, 0.3) is 0 Å². The summed E-state index contributed by atoms with van der Waals surface area (Å²) in [5, 5.41) is 10.6. The molecular weight excluding hydrogens is 310 g/mol. The van der Waals surface area contributed by atoms with Crippen LogP contribution in [0.1, 0.15) is 51.2 Å². The van der Waals surface area contributed by atoms with Crippen LogP contribution in [-0.4, -0.2) is 41.9 Å². The zero-order valence-electron chi connectivity index (χ0n) is 16.0. The van der Waals surface area contributed by atoms with Crippen molar-refractivity contribution in [2.75, 3.05) is 19.7 Å². The smallest absolute Gasteiger partial charge is 0.0900 e. The Kier molecular flexibility index (Phi) is 4.46. The van der Waals surface area contributed by atoms with Gasteiger partial charge >= 0.3 is 0 Å². The Hall–Kier alpha value is -0.900. The number of hydrogen-bond donors (Lipinski definition) is 1. The van der Waals surface area contributed by atoms with E-state index in [1.165, 1.54) is 30.4 Å². The molecule has 1 aromatic rings. The van der Waals surface area contributed by atoms with Gasteiger partial charge in [0.1, 0.15) is 0 Å². The Morgan fingerprint density at radius 3 is 2.72 bits per heavy atom. The third-order valence-electron chi connectivity index (χ3n) is 7.27. The van der Waals surface area contributed by atoms with Crippen LogP contribution < -0.4 is 0 Å². The van der Waals surface area contributed by atoms with Gasteiger partial charge in [-0.25, -0.2) is 0 Å². The van der Waals surface area contributed by atoms with E-state index in [0.29, 0.717) is 18.6 Å². The first-order valence-electron chi connectivity index (χ1n) is 9.97. The van der Waals surface area contributed by atoms with Crippen LogP contribution in [0.5, 0.6) is 0 Å². The third-order valence-corrected chi connectivity index (χ3v) is 7.27. The number of aliphatic hydroxyl groups excluding tert-OH is 1. The van der Waals surface area contributed by atoms with Gasteiger partial charge in [0, 0.05) is 19.6 Å². The number of hydrogen-bond acceptors (Lipinski definition) is 3. The molecule has 1 N–H and O–H groups in total. The third kappa shape index (κ3) is 3.15. The molecule has 3 aliphatic rings. The van der Waals surface area contributed by atoms with Crippen molar-refractivity contribution in [3.63, 3.8) is 0 Å². The summed E-state index contributed by atoms with van der Waals surface area (Å²) < 4.78 is 6.35. The van der Waals surface area contributed by atoms with Crippen molar-refractivity contribution >= 4 is 0 Å². The molecule has 2 bridgehead atoms. The molecule has 1 heterocycles. The molecule has 0 amide bonds. The summed E-state index contributed by atoms with van der Waals surface area (Å²) in [6.07, 6.45) is 4.89. The summed E-state index contributed by atoms with van der Waals surface area (Å²) in [5.41, 5.74) is 3.43. The quantitative estimate of drug-likeness (QED) is 0.886. The first-order valence-corrected chi connectivity index (χ1v) is 9.97. The number of rotatable bonds is 5. The predicted octanol–water partition coefficient (Wildman–Crippen LogP) is 3.64. The lowest BCUT2D eigenvalue weighted by molar-refractivity contribution is -0.113. The number of aliphatic hydroxyl groups is 1. The molecule has 0 unspecified atom stereocenters. The van der Waals surface area contributed by atoms with Gasteiger partial charge in [0.05, 0.1) is 18.8 Å². The first-order chi connectivity index (χ1) is 11.9. The first kappa shape index (κ1) is 17.5. The second-order valence-electron chi connectivity index (χ2n) is 9.54. The summed E-state index contributed by atoms with van der Waals surface area (Å²) in [7, 11) is 0. The summed E-state index contributed by atoms with van der Waals surface area (Å²) in [6, 6.07) is 8.67. The molecule has 3 heteroatoms. The van der Waals surface area contributed by atoms with Crippen molar-refractivity contribution in [1.29, 1.82) is 0 Å². The molecule has 138 valence electrons. The van der Waals surface area contributed by atoms with Crippen LogP contribution in [0.4, 0.5) is 0 Å². The van der Waals surface area contributed by atoms with Crippen molar-refractivity contribution in [3.8, 4) is 0 Å². The number of ether oxygens (including phenoxy) is 1. The Morgan fingerprint density at radius 1 is 1.24 bits per heavy atom. The molecule has 2 saturated carbocycles.